The van der Waals surface area contributed by atoms with Gasteiger partial charge in [0, 0.05) is 21.3 Å². The Morgan fingerprint density at radius 3 is 1.97 bits per heavy atom. The fourth-order valence-corrected chi connectivity index (χ4v) is 4.42. The summed E-state index contributed by atoms with van der Waals surface area (Å²) in [6.07, 6.45) is 1.69. The topological polar surface area (TPSA) is 70.6 Å². The molecule has 0 aromatic heterocycles. The first-order valence-electron chi connectivity index (χ1n) is 11.0. The van der Waals surface area contributed by atoms with Crippen molar-refractivity contribution in [1.29, 1.82) is 0 Å². The smallest absolute Gasteiger partial charge is 0.271 e. The Morgan fingerprint density at radius 2 is 1.31 bits per heavy atom. The van der Waals surface area contributed by atoms with Gasteiger partial charge in [-0.2, -0.15) is 5.10 Å². The lowest BCUT2D eigenvalue weighted by Gasteiger charge is -2.08. The number of carbonyl (C=O) groups excluding carboxylic acids is 2. The maximum atomic E-state index is 12.6. The van der Waals surface area contributed by atoms with E-state index in [0.29, 0.717) is 21.3 Å². The second kappa shape index (κ2) is 9.91. The third-order valence-corrected chi connectivity index (χ3v) is 6.39. The molecule has 0 unspecified atom stereocenters. The summed E-state index contributed by atoms with van der Waals surface area (Å²) in [5, 5.41) is 11.4. The van der Waals surface area contributed by atoms with Crippen LogP contribution in [0.15, 0.2) is 113 Å². The minimum absolute atomic E-state index is 0.235. The first-order valence-corrected chi connectivity index (χ1v) is 11.8. The SMILES string of the molecule is O=C(NN=Cc1c2ccccc2cc2ccccc12)c1ccc(NC(=O)c2ccccc2Br)cc1. The number of rotatable bonds is 5. The van der Waals surface area contributed by atoms with Gasteiger partial charge >= 0.3 is 0 Å². The number of nitrogens with one attached hydrogen (secondary N) is 2. The van der Waals surface area contributed by atoms with Crippen LogP contribution in [0.5, 0.6) is 0 Å². The molecule has 0 saturated carbocycles. The number of carbonyl (C=O) groups is 2. The van der Waals surface area contributed by atoms with Crippen LogP contribution in [0.25, 0.3) is 21.5 Å². The molecule has 0 heterocycles. The maximum Gasteiger partial charge on any atom is 0.271 e. The van der Waals surface area contributed by atoms with E-state index >= 15 is 0 Å². The predicted octanol–water partition coefficient (Wildman–Crippen LogP) is 6.77. The van der Waals surface area contributed by atoms with Crippen molar-refractivity contribution in [2.24, 2.45) is 5.10 Å². The lowest BCUT2D eigenvalue weighted by atomic mass is 9.97. The van der Waals surface area contributed by atoms with E-state index in [1.165, 1.54) is 0 Å². The first-order chi connectivity index (χ1) is 17.1. The molecule has 0 spiro atoms. The van der Waals surface area contributed by atoms with Crippen molar-refractivity contribution < 1.29 is 9.59 Å². The Balaban J connectivity index is 1.31. The van der Waals surface area contributed by atoms with E-state index in [9.17, 15) is 9.59 Å². The van der Waals surface area contributed by atoms with Crippen molar-refractivity contribution in [2.45, 2.75) is 0 Å². The van der Waals surface area contributed by atoms with Crippen LogP contribution in [-0.4, -0.2) is 18.0 Å². The highest BCUT2D eigenvalue weighted by Crippen LogP contribution is 2.27. The van der Waals surface area contributed by atoms with Gasteiger partial charge in [-0.15, -0.1) is 0 Å². The zero-order chi connectivity index (χ0) is 24.2. The van der Waals surface area contributed by atoms with Crippen LogP contribution >= 0.6 is 15.9 Å². The van der Waals surface area contributed by atoms with E-state index in [1.807, 2.05) is 48.5 Å². The van der Waals surface area contributed by atoms with E-state index in [0.717, 1.165) is 27.1 Å². The monoisotopic (exact) mass is 521 g/mol. The van der Waals surface area contributed by atoms with Gasteiger partial charge in [0.1, 0.15) is 0 Å². The molecule has 5 nitrogen and oxygen atoms in total. The molecule has 5 rings (SSSR count). The number of fused-ring (bicyclic) bond motifs is 2. The molecule has 0 aliphatic carbocycles. The van der Waals surface area contributed by atoms with Gasteiger partial charge in [0.25, 0.3) is 11.8 Å². The number of benzene rings is 5. The van der Waals surface area contributed by atoms with Gasteiger partial charge in [-0.3, -0.25) is 9.59 Å². The Bertz CT molecular complexity index is 1540. The second-order valence-corrected chi connectivity index (χ2v) is 8.80. The van der Waals surface area contributed by atoms with E-state index in [1.54, 1.807) is 42.6 Å². The molecule has 5 aromatic carbocycles. The molecule has 35 heavy (non-hydrogen) atoms. The van der Waals surface area contributed by atoms with Crippen molar-refractivity contribution in [3.05, 3.63) is 124 Å². The van der Waals surface area contributed by atoms with E-state index in [4.69, 9.17) is 0 Å². The van der Waals surface area contributed by atoms with Crippen LogP contribution in [0.2, 0.25) is 0 Å². The van der Waals surface area contributed by atoms with Crippen LogP contribution in [0.4, 0.5) is 5.69 Å². The maximum absolute atomic E-state index is 12.6. The molecule has 0 atom stereocenters. The molecule has 0 bridgehead atoms. The van der Waals surface area contributed by atoms with Crippen molar-refractivity contribution >= 4 is 61.2 Å². The normalized spacial score (nSPS) is 11.1. The van der Waals surface area contributed by atoms with E-state index in [-0.39, 0.29) is 11.8 Å². The molecule has 0 aliphatic rings. The first kappa shape index (κ1) is 22.5. The van der Waals surface area contributed by atoms with Crippen LogP contribution in [0.3, 0.4) is 0 Å². The molecule has 5 aromatic rings. The fourth-order valence-electron chi connectivity index (χ4n) is 3.96. The third kappa shape index (κ3) is 4.83. The lowest BCUT2D eigenvalue weighted by Crippen LogP contribution is -2.18. The van der Waals surface area contributed by atoms with Gasteiger partial charge in [-0.1, -0.05) is 60.7 Å². The lowest BCUT2D eigenvalue weighted by molar-refractivity contribution is 0.0954. The van der Waals surface area contributed by atoms with Gasteiger partial charge in [-0.05, 0) is 79.9 Å². The largest absolute Gasteiger partial charge is 0.322 e. The summed E-state index contributed by atoms with van der Waals surface area (Å²) in [4.78, 5) is 25.1. The van der Waals surface area contributed by atoms with Crippen LogP contribution in [0, 0.1) is 0 Å². The Hall–Kier alpha value is -4.29. The second-order valence-electron chi connectivity index (χ2n) is 7.94. The number of hydrogen-bond donors (Lipinski definition) is 2. The van der Waals surface area contributed by atoms with Gasteiger partial charge in [0.15, 0.2) is 0 Å². The number of amides is 2. The van der Waals surface area contributed by atoms with Crippen molar-refractivity contribution in [3.63, 3.8) is 0 Å². The van der Waals surface area contributed by atoms with Crippen molar-refractivity contribution in [3.8, 4) is 0 Å². The average molecular weight is 522 g/mol. The molecule has 2 amide bonds. The number of hydrogen-bond acceptors (Lipinski definition) is 3. The Kier molecular flexibility index (Phi) is 6.37. The van der Waals surface area contributed by atoms with Gasteiger partial charge < -0.3 is 5.32 Å². The van der Waals surface area contributed by atoms with Gasteiger partial charge in [0.2, 0.25) is 0 Å². The molecular formula is C29H20BrN3O2. The number of halogens is 1. The summed E-state index contributed by atoms with van der Waals surface area (Å²) in [6.45, 7) is 0. The van der Waals surface area contributed by atoms with Gasteiger partial charge in [0.05, 0.1) is 11.8 Å². The quantitative estimate of drug-likeness (QED) is 0.152. The van der Waals surface area contributed by atoms with Gasteiger partial charge in [-0.25, -0.2) is 5.43 Å². The molecule has 170 valence electrons. The summed E-state index contributed by atoms with van der Waals surface area (Å²) < 4.78 is 0.713. The predicted molar refractivity (Wildman–Crippen MR) is 145 cm³/mol. The number of anilines is 1. The minimum atomic E-state index is -0.338. The standard InChI is InChI=1S/C29H20BrN3O2/c30-27-12-6-5-11-25(27)29(35)32-22-15-13-19(14-16-22)28(34)33-31-18-26-23-9-3-1-7-20(23)17-21-8-2-4-10-24(21)26/h1-18H,(H,32,35)(H,33,34). The molecule has 0 fully saturated rings. The van der Waals surface area contributed by atoms with E-state index in [2.05, 4.69) is 50.0 Å². The summed E-state index contributed by atoms with van der Waals surface area (Å²) in [6, 6.07) is 32.2. The zero-order valence-corrected chi connectivity index (χ0v) is 20.1. The third-order valence-electron chi connectivity index (χ3n) is 5.70. The zero-order valence-electron chi connectivity index (χ0n) is 18.5. The highest BCUT2D eigenvalue weighted by molar-refractivity contribution is 9.10. The molecule has 6 heteroatoms. The molecule has 0 aliphatic heterocycles. The molecule has 0 saturated heterocycles. The number of nitrogens with zero attached hydrogens (tertiary/aromatic N) is 1. The molecular weight excluding hydrogens is 502 g/mol. The fraction of sp³-hybridized carbons (Fsp3) is 0. The summed E-state index contributed by atoms with van der Waals surface area (Å²) >= 11 is 3.38. The minimum Gasteiger partial charge on any atom is -0.322 e. The van der Waals surface area contributed by atoms with Crippen LogP contribution < -0.4 is 10.7 Å². The summed E-state index contributed by atoms with van der Waals surface area (Å²) in [5.74, 6) is -0.573. The van der Waals surface area contributed by atoms with Crippen LogP contribution in [0.1, 0.15) is 26.3 Å². The average Bonchev–Trinajstić information content (AvgIpc) is 2.89. The summed E-state index contributed by atoms with van der Waals surface area (Å²) in [7, 11) is 0. The summed E-state index contributed by atoms with van der Waals surface area (Å²) in [5.41, 5.74) is 5.11. The highest BCUT2D eigenvalue weighted by Gasteiger charge is 2.11. The Morgan fingerprint density at radius 1 is 0.714 bits per heavy atom. The molecule has 2 N–H and O–H groups in total. The Labute approximate surface area is 210 Å². The van der Waals surface area contributed by atoms with E-state index < -0.39 is 0 Å². The highest BCUT2D eigenvalue weighted by atomic mass is 79.9. The van der Waals surface area contributed by atoms with Crippen molar-refractivity contribution in [1.82, 2.24) is 5.43 Å². The number of hydrazone groups is 1. The van der Waals surface area contributed by atoms with Crippen molar-refractivity contribution in [2.75, 3.05) is 5.32 Å². The molecule has 0 radical (unpaired) electrons. The van der Waals surface area contributed by atoms with Crippen LogP contribution in [-0.2, 0) is 0 Å².